The quantitative estimate of drug-likeness (QED) is 0.371. The predicted molar refractivity (Wildman–Crippen MR) is 118 cm³/mol. The summed E-state index contributed by atoms with van der Waals surface area (Å²) in [5.74, 6) is 1.19. The van der Waals surface area contributed by atoms with Crippen LogP contribution in [0.2, 0.25) is 0 Å². The predicted octanol–water partition coefficient (Wildman–Crippen LogP) is 3.54. The minimum Gasteiger partial charge on any atom is -0.508 e. The standard InChI is InChI=1S/C24H26N2O4/c1-29-24-14-17(27)10-11-23(24)30-13-12-25-15-18(28)16-26-21-8-4-2-6-19(21)20-7-3-5-9-22(20)26/h2-11,14,18,25,27-28H,12-13,15-16H2,1H3. The zero-order chi connectivity index (χ0) is 20.9. The van der Waals surface area contributed by atoms with Crippen molar-refractivity contribution >= 4 is 21.8 Å². The number of aliphatic hydroxyl groups excluding tert-OH is 1. The van der Waals surface area contributed by atoms with Crippen molar-refractivity contribution in [2.24, 2.45) is 0 Å². The van der Waals surface area contributed by atoms with Crippen LogP contribution in [0.5, 0.6) is 17.2 Å². The van der Waals surface area contributed by atoms with Gasteiger partial charge in [-0.1, -0.05) is 36.4 Å². The lowest BCUT2D eigenvalue weighted by molar-refractivity contribution is 0.152. The van der Waals surface area contributed by atoms with E-state index in [9.17, 15) is 10.2 Å². The molecule has 3 aromatic carbocycles. The average molecular weight is 406 g/mol. The molecule has 0 radical (unpaired) electrons. The minimum atomic E-state index is -0.535. The van der Waals surface area contributed by atoms with Gasteiger partial charge in [0.2, 0.25) is 0 Å². The van der Waals surface area contributed by atoms with E-state index >= 15 is 0 Å². The van der Waals surface area contributed by atoms with Gasteiger partial charge in [-0.25, -0.2) is 0 Å². The Morgan fingerprint density at radius 3 is 2.27 bits per heavy atom. The number of fused-ring (bicyclic) bond motifs is 3. The third-order valence-electron chi connectivity index (χ3n) is 5.14. The molecule has 0 aliphatic carbocycles. The average Bonchev–Trinajstić information content (AvgIpc) is 3.08. The van der Waals surface area contributed by atoms with Crippen LogP contribution in [-0.4, -0.2) is 47.7 Å². The second-order valence-corrected chi connectivity index (χ2v) is 7.19. The number of ether oxygens (including phenoxy) is 2. The van der Waals surface area contributed by atoms with Crippen molar-refractivity contribution in [3.63, 3.8) is 0 Å². The summed E-state index contributed by atoms with van der Waals surface area (Å²) in [5, 5.41) is 25.7. The summed E-state index contributed by atoms with van der Waals surface area (Å²) in [4.78, 5) is 0. The molecule has 6 nitrogen and oxygen atoms in total. The van der Waals surface area contributed by atoms with E-state index in [-0.39, 0.29) is 5.75 Å². The van der Waals surface area contributed by atoms with Crippen LogP contribution in [0.15, 0.2) is 66.7 Å². The van der Waals surface area contributed by atoms with Gasteiger partial charge in [-0.15, -0.1) is 0 Å². The number of methoxy groups -OCH3 is 1. The molecule has 0 aliphatic rings. The van der Waals surface area contributed by atoms with E-state index in [1.54, 1.807) is 12.1 Å². The molecule has 0 bridgehead atoms. The van der Waals surface area contributed by atoms with E-state index in [1.165, 1.54) is 23.9 Å². The van der Waals surface area contributed by atoms with Crippen LogP contribution in [0.4, 0.5) is 0 Å². The van der Waals surface area contributed by atoms with Crippen molar-refractivity contribution < 1.29 is 19.7 Å². The van der Waals surface area contributed by atoms with Gasteiger partial charge in [0.15, 0.2) is 11.5 Å². The fourth-order valence-corrected chi connectivity index (χ4v) is 3.75. The molecule has 1 unspecified atom stereocenters. The van der Waals surface area contributed by atoms with Gasteiger partial charge in [-0.05, 0) is 24.3 Å². The van der Waals surface area contributed by atoms with Gasteiger partial charge in [0.25, 0.3) is 0 Å². The summed E-state index contributed by atoms with van der Waals surface area (Å²) in [6, 6.07) is 21.3. The maximum Gasteiger partial charge on any atom is 0.164 e. The third-order valence-corrected chi connectivity index (χ3v) is 5.14. The Hall–Kier alpha value is -3.22. The number of phenols is 1. The third kappa shape index (κ3) is 4.20. The number of aliphatic hydroxyl groups is 1. The lowest BCUT2D eigenvalue weighted by Gasteiger charge is -2.15. The summed E-state index contributed by atoms with van der Waals surface area (Å²) in [6.45, 7) is 1.96. The molecule has 0 amide bonds. The summed E-state index contributed by atoms with van der Waals surface area (Å²) in [5.41, 5.74) is 2.25. The lowest BCUT2D eigenvalue weighted by atomic mass is 10.2. The molecule has 4 rings (SSSR count). The molecule has 0 spiro atoms. The Kier molecular flexibility index (Phi) is 6.07. The molecule has 1 atom stereocenters. The second-order valence-electron chi connectivity index (χ2n) is 7.19. The molecule has 30 heavy (non-hydrogen) atoms. The van der Waals surface area contributed by atoms with Gasteiger partial charge in [0.1, 0.15) is 12.4 Å². The molecule has 1 heterocycles. The van der Waals surface area contributed by atoms with Gasteiger partial charge in [0, 0.05) is 41.0 Å². The molecule has 4 aromatic rings. The van der Waals surface area contributed by atoms with Crippen LogP contribution < -0.4 is 14.8 Å². The number of aromatic nitrogens is 1. The molecular weight excluding hydrogens is 380 g/mol. The monoisotopic (exact) mass is 406 g/mol. The number of hydrogen-bond acceptors (Lipinski definition) is 5. The van der Waals surface area contributed by atoms with E-state index in [0.717, 1.165) is 11.0 Å². The van der Waals surface area contributed by atoms with Crippen molar-refractivity contribution in [2.75, 3.05) is 26.8 Å². The van der Waals surface area contributed by atoms with Crippen LogP contribution in [0.1, 0.15) is 0 Å². The van der Waals surface area contributed by atoms with E-state index < -0.39 is 6.10 Å². The molecule has 1 aromatic heterocycles. The van der Waals surface area contributed by atoms with Crippen molar-refractivity contribution in [1.82, 2.24) is 9.88 Å². The molecular formula is C24H26N2O4. The molecule has 0 saturated heterocycles. The number of benzene rings is 3. The first-order chi connectivity index (χ1) is 14.7. The fourth-order valence-electron chi connectivity index (χ4n) is 3.75. The number of hydrogen-bond donors (Lipinski definition) is 3. The molecule has 6 heteroatoms. The van der Waals surface area contributed by atoms with Crippen molar-refractivity contribution in [3.05, 3.63) is 66.7 Å². The zero-order valence-electron chi connectivity index (χ0n) is 16.9. The van der Waals surface area contributed by atoms with Gasteiger partial charge in [-0.3, -0.25) is 0 Å². The highest BCUT2D eigenvalue weighted by atomic mass is 16.5. The van der Waals surface area contributed by atoms with Gasteiger partial charge < -0.3 is 29.6 Å². The number of rotatable bonds is 9. The number of nitrogens with zero attached hydrogens (tertiary/aromatic N) is 1. The largest absolute Gasteiger partial charge is 0.508 e. The highest BCUT2D eigenvalue weighted by molar-refractivity contribution is 6.07. The smallest absolute Gasteiger partial charge is 0.164 e. The highest BCUT2D eigenvalue weighted by Crippen LogP contribution is 2.30. The molecule has 0 aliphatic heterocycles. The molecule has 3 N–H and O–H groups in total. The van der Waals surface area contributed by atoms with Crippen molar-refractivity contribution in [3.8, 4) is 17.2 Å². The Balaban J connectivity index is 1.33. The van der Waals surface area contributed by atoms with Crippen molar-refractivity contribution in [2.45, 2.75) is 12.6 Å². The SMILES string of the molecule is COc1cc(O)ccc1OCCNCC(O)Cn1c2ccccc2c2ccccc21. The summed E-state index contributed by atoms with van der Waals surface area (Å²) < 4.78 is 13.1. The van der Waals surface area contributed by atoms with Crippen LogP contribution in [-0.2, 0) is 6.54 Å². The van der Waals surface area contributed by atoms with Crippen molar-refractivity contribution in [1.29, 1.82) is 0 Å². The summed E-state index contributed by atoms with van der Waals surface area (Å²) in [6.07, 6.45) is -0.535. The first-order valence-electron chi connectivity index (χ1n) is 10.0. The molecule has 156 valence electrons. The van der Waals surface area contributed by atoms with E-state index in [2.05, 4.69) is 34.1 Å². The van der Waals surface area contributed by atoms with Gasteiger partial charge >= 0.3 is 0 Å². The maximum atomic E-state index is 10.6. The number of phenolic OH excluding ortho intramolecular Hbond substituents is 1. The highest BCUT2D eigenvalue weighted by Gasteiger charge is 2.13. The lowest BCUT2D eigenvalue weighted by Crippen LogP contribution is -2.32. The molecule has 0 saturated carbocycles. The number of para-hydroxylation sites is 2. The Morgan fingerprint density at radius 1 is 0.933 bits per heavy atom. The van der Waals surface area contributed by atoms with E-state index in [0.29, 0.717) is 37.7 Å². The Bertz CT molecular complexity index is 1090. The summed E-state index contributed by atoms with van der Waals surface area (Å²) >= 11 is 0. The number of nitrogens with one attached hydrogen (secondary N) is 1. The van der Waals surface area contributed by atoms with Gasteiger partial charge in [-0.2, -0.15) is 0 Å². The Labute approximate surface area is 175 Å². The first kappa shape index (κ1) is 20.1. The van der Waals surface area contributed by atoms with E-state index in [4.69, 9.17) is 9.47 Å². The molecule has 0 fully saturated rings. The van der Waals surface area contributed by atoms with Gasteiger partial charge in [0.05, 0.1) is 19.8 Å². The zero-order valence-corrected chi connectivity index (χ0v) is 16.9. The van der Waals surface area contributed by atoms with Crippen LogP contribution in [0.25, 0.3) is 21.8 Å². The van der Waals surface area contributed by atoms with Crippen LogP contribution >= 0.6 is 0 Å². The van der Waals surface area contributed by atoms with Crippen LogP contribution in [0, 0.1) is 0 Å². The Morgan fingerprint density at radius 2 is 1.60 bits per heavy atom. The van der Waals surface area contributed by atoms with E-state index in [1.807, 2.05) is 24.3 Å². The summed E-state index contributed by atoms with van der Waals surface area (Å²) in [7, 11) is 1.53. The normalized spacial score (nSPS) is 12.3. The second kappa shape index (κ2) is 9.07. The number of aromatic hydroxyl groups is 1. The first-order valence-corrected chi connectivity index (χ1v) is 10.0. The fraction of sp³-hybridized carbons (Fsp3) is 0.250. The maximum absolute atomic E-state index is 10.6. The minimum absolute atomic E-state index is 0.130. The van der Waals surface area contributed by atoms with Crippen LogP contribution in [0.3, 0.4) is 0 Å². The topological polar surface area (TPSA) is 75.9 Å².